The van der Waals surface area contributed by atoms with E-state index in [0.29, 0.717) is 0 Å². The van der Waals surface area contributed by atoms with Gasteiger partial charge in [-0.15, -0.1) is 11.3 Å². The summed E-state index contributed by atoms with van der Waals surface area (Å²) in [5.41, 5.74) is 35.2. The fourth-order valence-electron chi connectivity index (χ4n) is 17.2. The Balaban J connectivity index is 0.000000138. The summed E-state index contributed by atoms with van der Waals surface area (Å²) < 4.78 is 2.71. The summed E-state index contributed by atoms with van der Waals surface area (Å²) in [5.74, 6) is 0. The molecule has 0 saturated carbocycles. The lowest BCUT2D eigenvalue weighted by Gasteiger charge is -2.26. The Morgan fingerprint density at radius 1 is 0.215 bits per heavy atom. The number of benzene rings is 14. The molecule has 0 saturated heterocycles. The van der Waals surface area contributed by atoms with Gasteiger partial charge in [-0.25, -0.2) is 0 Å². The van der Waals surface area contributed by atoms with E-state index in [4.69, 9.17) is 0 Å². The first-order valence-electron chi connectivity index (χ1n) is 33.1. The zero-order chi connectivity index (χ0) is 62.9. The molecular formula is C92H70S. The minimum Gasteiger partial charge on any atom is -0.135 e. The normalized spacial score (nSPS) is 15.0. The summed E-state index contributed by atoms with van der Waals surface area (Å²) in [6, 6.07) is 105. The van der Waals surface area contributed by atoms with Gasteiger partial charge in [0, 0.05) is 41.8 Å². The van der Waals surface area contributed by atoms with Gasteiger partial charge in [-0.3, -0.25) is 0 Å². The first-order chi connectivity index (χ1) is 45.1. The van der Waals surface area contributed by atoms with Gasteiger partial charge in [-0.2, -0.15) is 0 Å². The van der Waals surface area contributed by atoms with Crippen molar-refractivity contribution in [3.8, 4) is 100 Å². The first kappa shape index (κ1) is 55.6. The van der Waals surface area contributed by atoms with E-state index in [-0.39, 0.29) is 21.7 Å². The van der Waals surface area contributed by atoms with Crippen LogP contribution < -0.4 is 0 Å². The molecule has 0 aliphatic heterocycles. The van der Waals surface area contributed by atoms with Crippen LogP contribution in [0, 0.1) is 0 Å². The van der Waals surface area contributed by atoms with Crippen molar-refractivity contribution in [2.75, 3.05) is 0 Å². The molecule has 4 aliphatic rings. The van der Waals surface area contributed by atoms with Crippen LogP contribution in [0.1, 0.15) is 99.9 Å². The molecule has 0 unspecified atom stereocenters. The maximum absolute atomic E-state index is 2.47. The van der Waals surface area contributed by atoms with Gasteiger partial charge in [-0.05, 0) is 215 Å². The van der Waals surface area contributed by atoms with E-state index in [2.05, 4.69) is 334 Å². The third-order valence-corrected chi connectivity index (χ3v) is 23.3. The summed E-state index contributed by atoms with van der Waals surface area (Å²) in [5, 5.41) is 7.75. The molecule has 1 heterocycles. The Bertz CT molecular complexity index is 5690. The van der Waals surface area contributed by atoms with Gasteiger partial charge in [0.2, 0.25) is 0 Å². The second-order valence-corrected chi connectivity index (χ2v) is 29.8. The zero-order valence-corrected chi connectivity index (χ0v) is 54.8. The summed E-state index contributed by atoms with van der Waals surface area (Å²) in [6.45, 7) is 19.2. The largest absolute Gasteiger partial charge is 0.135 e. The van der Waals surface area contributed by atoms with Gasteiger partial charge < -0.3 is 0 Å². The van der Waals surface area contributed by atoms with E-state index in [1.807, 2.05) is 11.3 Å². The lowest BCUT2D eigenvalue weighted by molar-refractivity contribution is 0.647. The average molecular weight is 1210 g/mol. The van der Waals surface area contributed by atoms with E-state index in [1.54, 1.807) is 0 Å². The Hall–Kier alpha value is -10.2. The molecule has 0 bridgehead atoms. The van der Waals surface area contributed by atoms with Crippen molar-refractivity contribution in [3.05, 3.63) is 324 Å². The maximum atomic E-state index is 2.47. The van der Waals surface area contributed by atoms with Crippen LogP contribution in [0.25, 0.3) is 142 Å². The highest BCUT2D eigenvalue weighted by molar-refractivity contribution is 7.26. The second-order valence-electron chi connectivity index (χ2n) is 28.7. The van der Waals surface area contributed by atoms with E-state index >= 15 is 0 Å². The Kier molecular flexibility index (Phi) is 12.1. The third-order valence-electron chi connectivity index (χ3n) is 22.1. The van der Waals surface area contributed by atoms with E-state index < -0.39 is 0 Å². The van der Waals surface area contributed by atoms with Crippen molar-refractivity contribution in [1.82, 2.24) is 0 Å². The van der Waals surface area contributed by atoms with Crippen molar-refractivity contribution in [2.45, 2.75) is 77.0 Å². The van der Waals surface area contributed by atoms with Gasteiger partial charge >= 0.3 is 0 Å². The maximum Gasteiger partial charge on any atom is 0.0433 e. The van der Waals surface area contributed by atoms with Gasteiger partial charge in [0.15, 0.2) is 0 Å². The minimum absolute atomic E-state index is 0.0322. The van der Waals surface area contributed by atoms with Crippen molar-refractivity contribution in [2.24, 2.45) is 0 Å². The van der Waals surface area contributed by atoms with Gasteiger partial charge in [0.05, 0.1) is 0 Å². The number of hydrogen-bond acceptors (Lipinski definition) is 1. The van der Waals surface area contributed by atoms with Crippen molar-refractivity contribution < 1.29 is 0 Å². The van der Waals surface area contributed by atoms with Crippen LogP contribution in [0.5, 0.6) is 0 Å². The Morgan fingerprint density at radius 3 is 1.14 bits per heavy atom. The highest BCUT2D eigenvalue weighted by Gasteiger charge is 2.46. The van der Waals surface area contributed by atoms with Crippen molar-refractivity contribution in [1.29, 1.82) is 0 Å². The van der Waals surface area contributed by atoms with Crippen LogP contribution in [0.3, 0.4) is 0 Å². The molecule has 0 nitrogen and oxygen atoms in total. The Labute approximate surface area is 550 Å². The number of fused-ring (bicyclic) bond motifs is 19. The third kappa shape index (κ3) is 8.29. The average Bonchev–Trinajstić information content (AvgIpc) is 1.54. The molecule has 0 atom stereocenters. The lowest BCUT2D eigenvalue weighted by atomic mass is 9.77. The van der Waals surface area contributed by atoms with Crippen molar-refractivity contribution in [3.63, 3.8) is 0 Å². The van der Waals surface area contributed by atoms with Crippen LogP contribution in [0.2, 0.25) is 0 Å². The van der Waals surface area contributed by atoms with Gasteiger partial charge in [-0.1, -0.05) is 286 Å². The fraction of sp³-hybridized carbons (Fsp3) is 0.130. The molecule has 0 radical (unpaired) electrons. The quantitative estimate of drug-likeness (QED) is 0.161. The monoisotopic (exact) mass is 1210 g/mol. The predicted molar refractivity (Wildman–Crippen MR) is 398 cm³/mol. The molecule has 0 amide bonds. The first-order valence-corrected chi connectivity index (χ1v) is 33.9. The minimum atomic E-state index is -0.0811. The van der Waals surface area contributed by atoms with Crippen LogP contribution in [-0.2, 0) is 21.7 Å². The molecule has 0 fully saturated rings. The fourth-order valence-corrected chi connectivity index (χ4v) is 18.5. The highest BCUT2D eigenvalue weighted by atomic mass is 32.1. The number of rotatable bonds is 5. The summed E-state index contributed by atoms with van der Waals surface area (Å²) in [7, 11) is 0. The summed E-state index contributed by atoms with van der Waals surface area (Å²) in [4.78, 5) is 0. The number of hydrogen-bond donors (Lipinski definition) is 0. The van der Waals surface area contributed by atoms with E-state index in [9.17, 15) is 0 Å². The molecule has 1 aromatic heterocycles. The molecule has 19 rings (SSSR count). The molecule has 0 spiro atoms. The second kappa shape index (κ2) is 20.2. The van der Waals surface area contributed by atoms with Gasteiger partial charge in [0.1, 0.15) is 0 Å². The highest BCUT2D eigenvalue weighted by Crippen LogP contribution is 2.61. The smallest absolute Gasteiger partial charge is 0.0433 e. The molecule has 15 aromatic rings. The lowest BCUT2D eigenvalue weighted by Crippen LogP contribution is -2.18. The summed E-state index contributed by atoms with van der Waals surface area (Å²) >= 11 is 1.90. The van der Waals surface area contributed by atoms with Crippen LogP contribution in [0.15, 0.2) is 279 Å². The van der Waals surface area contributed by atoms with E-state index in [1.165, 1.54) is 186 Å². The summed E-state index contributed by atoms with van der Waals surface area (Å²) in [6.07, 6.45) is 0. The molecular weight excluding hydrogens is 1140 g/mol. The molecule has 14 aromatic carbocycles. The van der Waals surface area contributed by atoms with Crippen LogP contribution in [-0.4, -0.2) is 0 Å². The Morgan fingerprint density at radius 2 is 0.591 bits per heavy atom. The SMILES string of the molecule is CC1(C)c2cc(-c3cccc(-c4ccc5cc(-c6ccc7ccccc7c6)ccc5c4)c3)ccc2-c2c1ccc1c2C(C)(C)c2ccccc2-1.CC1(C)c2cc(-c3cccc(-c4cccc5c4sc4ccccc45)c3)ccc2-c2c1ccc1c2C(C)(C)c2ccccc2-1. The molecule has 93 heavy (non-hydrogen) atoms. The van der Waals surface area contributed by atoms with Gasteiger partial charge in [0.25, 0.3) is 0 Å². The van der Waals surface area contributed by atoms with Crippen LogP contribution >= 0.6 is 11.3 Å². The molecule has 0 N–H and O–H groups in total. The zero-order valence-electron chi connectivity index (χ0n) is 54.0. The standard InChI is InChI=1S/C50H38.C42H32S/c1-49(2)45-25-24-42-41-14-7-8-15-44(41)50(3,4)48(42)47(45)43-23-22-40(30-46(43)49)34-13-9-12-33(27-34)35-18-19-39-29-38(21-20-37(39)28-35)36-17-16-31-10-5-6-11-32(31)26-36;1-41(2)35-22-21-31-29-13-5-7-17-34(29)42(3,4)39(31)38(35)33-20-19-26(24-36(33)41)25-11-9-12-27(23-25)28-15-10-16-32-30-14-6-8-18-37(30)43-40(28)32/h5-30H,1-4H3;5-24H,1-4H3. The molecule has 1 heteroatoms. The number of thiophene rings is 1. The topological polar surface area (TPSA) is 0 Å². The van der Waals surface area contributed by atoms with Crippen molar-refractivity contribution >= 4 is 53.1 Å². The van der Waals surface area contributed by atoms with Crippen LogP contribution in [0.4, 0.5) is 0 Å². The van der Waals surface area contributed by atoms with E-state index in [0.717, 1.165) is 0 Å². The predicted octanol–water partition coefficient (Wildman–Crippen LogP) is 25.6. The molecule has 444 valence electrons. The molecule has 4 aliphatic carbocycles.